The number of alkyl halides is 3. The van der Waals surface area contributed by atoms with Gasteiger partial charge in [-0.2, -0.15) is 13.2 Å². The fourth-order valence-electron chi connectivity index (χ4n) is 4.08. The lowest BCUT2D eigenvalue weighted by molar-refractivity contribution is -0.138. The SMILES string of the molecule is O=C(Nc1cccc(C(F)(F)F)c1Cc1cnc2ccccn12)c1ccc2c(c1)NCC2. The highest BCUT2D eigenvalue weighted by atomic mass is 19.4. The van der Waals surface area contributed by atoms with E-state index in [1.54, 1.807) is 41.1 Å². The first kappa shape index (κ1) is 20.1. The molecular formula is C24H19F3N4O. The highest BCUT2D eigenvalue weighted by Gasteiger charge is 2.34. The Morgan fingerprint density at radius 2 is 2.00 bits per heavy atom. The number of rotatable bonds is 4. The number of halogens is 3. The fraction of sp³-hybridized carbons (Fsp3) is 0.167. The van der Waals surface area contributed by atoms with Gasteiger partial charge >= 0.3 is 6.18 Å². The number of hydrogen-bond acceptors (Lipinski definition) is 3. The Labute approximate surface area is 181 Å². The largest absolute Gasteiger partial charge is 0.416 e. The number of aromatic nitrogens is 2. The molecule has 3 heterocycles. The molecule has 5 rings (SSSR count). The second kappa shape index (κ2) is 7.71. The molecule has 2 N–H and O–H groups in total. The molecule has 2 aromatic heterocycles. The summed E-state index contributed by atoms with van der Waals surface area (Å²) in [5.74, 6) is -0.458. The molecule has 1 amide bonds. The normalized spacial score (nSPS) is 13.1. The first-order valence-corrected chi connectivity index (χ1v) is 10.2. The van der Waals surface area contributed by atoms with E-state index >= 15 is 0 Å². The number of carbonyl (C=O) groups excluding carboxylic acids is 1. The van der Waals surface area contributed by atoms with E-state index in [2.05, 4.69) is 15.6 Å². The van der Waals surface area contributed by atoms with Crippen LogP contribution in [0.2, 0.25) is 0 Å². The number of amides is 1. The monoisotopic (exact) mass is 436 g/mol. The van der Waals surface area contributed by atoms with Gasteiger partial charge in [-0.3, -0.25) is 4.79 Å². The summed E-state index contributed by atoms with van der Waals surface area (Å²) in [5.41, 5.74) is 2.97. The van der Waals surface area contributed by atoms with Crippen molar-refractivity contribution in [3.05, 3.63) is 94.9 Å². The smallest absolute Gasteiger partial charge is 0.384 e. The Morgan fingerprint density at radius 3 is 2.84 bits per heavy atom. The Hall–Kier alpha value is -3.81. The van der Waals surface area contributed by atoms with Gasteiger partial charge in [0.2, 0.25) is 0 Å². The van der Waals surface area contributed by atoms with Crippen molar-refractivity contribution in [3.8, 4) is 0 Å². The van der Waals surface area contributed by atoms with Crippen molar-refractivity contribution in [2.75, 3.05) is 17.2 Å². The molecule has 0 aliphatic carbocycles. The minimum absolute atomic E-state index is 0.00159. The van der Waals surface area contributed by atoms with Gasteiger partial charge in [0.05, 0.1) is 5.56 Å². The number of imidazole rings is 1. The topological polar surface area (TPSA) is 58.4 Å². The van der Waals surface area contributed by atoms with Crippen molar-refractivity contribution in [1.82, 2.24) is 9.38 Å². The molecule has 4 aromatic rings. The van der Waals surface area contributed by atoms with Crippen LogP contribution in [0.5, 0.6) is 0 Å². The number of anilines is 2. The number of carbonyl (C=O) groups is 1. The van der Waals surface area contributed by atoms with Gasteiger partial charge in [-0.15, -0.1) is 0 Å². The van der Waals surface area contributed by atoms with E-state index in [1.165, 1.54) is 12.1 Å². The molecule has 0 saturated heterocycles. The Bertz CT molecular complexity index is 1330. The highest BCUT2D eigenvalue weighted by Crippen LogP contribution is 2.36. The maximum atomic E-state index is 13.8. The van der Waals surface area contributed by atoms with Crippen LogP contribution >= 0.6 is 0 Å². The first-order valence-electron chi connectivity index (χ1n) is 10.2. The second-order valence-electron chi connectivity index (χ2n) is 7.69. The summed E-state index contributed by atoms with van der Waals surface area (Å²) < 4.78 is 43.3. The molecule has 162 valence electrons. The van der Waals surface area contributed by atoms with E-state index in [4.69, 9.17) is 0 Å². The number of fused-ring (bicyclic) bond motifs is 2. The predicted molar refractivity (Wildman–Crippen MR) is 116 cm³/mol. The molecule has 0 spiro atoms. The third kappa shape index (κ3) is 3.68. The van der Waals surface area contributed by atoms with E-state index in [-0.39, 0.29) is 17.7 Å². The summed E-state index contributed by atoms with van der Waals surface area (Å²) >= 11 is 0. The average Bonchev–Trinajstić information content (AvgIpc) is 3.40. The number of nitrogens with one attached hydrogen (secondary N) is 2. The molecule has 0 saturated carbocycles. The molecule has 0 bridgehead atoms. The minimum Gasteiger partial charge on any atom is -0.384 e. The predicted octanol–water partition coefficient (Wildman–Crippen LogP) is 5.16. The molecule has 0 fully saturated rings. The van der Waals surface area contributed by atoms with E-state index < -0.39 is 17.6 Å². The molecule has 1 aliphatic heterocycles. The quantitative estimate of drug-likeness (QED) is 0.464. The van der Waals surface area contributed by atoms with Crippen LogP contribution in [0.15, 0.2) is 67.0 Å². The molecule has 2 aromatic carbocycles. The van der Waals surface area contributed by atoms with Gasteiger partial charge in [-0.05, 0) is 53.9 Å². The zero-order valence-corrected chi connectivity index (χ0v) is 16.9. The Balaban J connectivity index is 1.53. The van der Waals surface area contributed by atoms with Crippen molar-refractivity contribution in [2.45, 2.75) is 19.0 Å². The van der Waals surface area contributed by atoms with Crippen LogP contribution < -0.4 is 10.6 Å². The lowest BCUT2D eigenvalue weighted by Crippen LogP contribution is -2.17. The molecule has 0 radical (unpaired) electrons. The van der Waals surface area contributed by atoms with E-state index in [0.29, 0.717) is 16.9 Å². The van der Waals surface area contributed by atoms with E-state index in [0.717, 1.165) is 30.3 Å². The maximum absolute atomic E-state index is 13.8. The summed E-state index contributed by atoms with van der Waals surface area (Å²) in [4.78, 5) is 17.2. The van der Waals surface area contributed by atoms with E-state index in [9.17, 15) is 18.0 Å². The fourth-order valence-corrected chi connectivity index (χ4v) is 4.08. The highest BCUT2D eigenvalue weighted by molar-refractivity contribution is 6.05. The van der Waals surface area contributed by atoms with Crippen LogP contribution in [0.4, 0.5) is 24.5 Å². The van der Waals surface area contributed by atoms with Crippen LogP contribution in [0.25, 0.3) is 5.65 Å². The molecule has 0 atom stereocenters. The van der Waals surface area contributed by atoms with Gasteiger partial charge in [0.25, 0.3) is 5.91 Å². The minimum atomic E-state index is -4.56. The van der Waals surface area contributed by atoms with Gasteiger partial charge in [0, 0.05) is 48.0 Å². The summed E-state index contributed by atoms with van der Waals surface area (Å²) in [7, 11) is 0. The van der Waals surface area contributed by atoms with Crippen LogP contribution in [-0.2, 0) is 19.0 Å². The number of benzene rings is 2. The van der Waals surface area contributed by atoms with Crippen molar-refractivity contribution in [3.63, 3.8) is 0 Å². The average molecular weight is 436 g/mol. The Morgan fingerprint density at radius 1 is 1.12 bits per heavy atom. The molecule has 5 nitrogen and oxygen atoms in total. The van der Waals surface area contributed by atoms with Gasteiger partial charge < -0.3 is 15.0 Å². The summed E-state index contributed by atoms with van der Waals surface area (Å²) in [6.07, 6.45) is -0.408. The van der Waals surface area contributed by atoms with Gasteiger partial charge in [0.1, 0.15) is 5.65 Å². The third-order valence-electron chi connectivity index (χ3n) is 5.66. The summed E-state index contributed by atoms with van der Waals surface area (Å²) in [6.45, 7) is 0.803. The van der Waals surface area contributed by atoms with E-state index in [1.807, 2.05) is 12.1 Å². The zero-order valence-electron chi connectivity index (χ0n) is 16.9. The third-order valence-corrected chi connectivity index (χ3v) is 5.66. The van der Waals surface area contributed by atoms with Crippen LogP contribution in [-0.4, -0.2) is 21.8 Å². The second-order valence-corrected chi connectivity index (χ2v) is 7.69. The lowest BCUT2D eigenvalue weighted by Gasteiger charge is -2.18. The van der Waals surface area contributed by atoms with Crippen LogP contribution in [0.3, 0.4) is 0 Å². The lowest BCUT2D eigenvalue weighted by atomic mass is 9.99. The van der Waals surface area contributed by atoms with Gasteiger partial charge in [0.15, 0.2) is 0 Å². The summed E-state index contributed by atoms with van der Waals surface area (Å²) in [5, 5.41) is 5.90. The molecule has 8 heteroatoms. The van der Waals surface area contributed by atoms with Gasteiger partial charge in [-0.25, -0.2) is 4.98 Å². The Kier molecular flexibility index (Phi) is 4.84. The maximum Gasteiger partial charge on any atom is 0.416 e. The van der Waals surface area contributed by atoms with Crippen molar-refractivity contribution >= 4 is 22.9 Å². The number of pyridine rings is 1. The molecule has 32 heavy (non-hydrogen) atoms. The van der Waals surface area contributed by atoms with Crippen molar-refractivity contribution in [2.24, 2.45) is 0 Å². The van der Waals surface area contributed by atoms with Crippen molar-refractivity contribution in [1.29, 1.82) is 0 Å². The molecular weight excluding hydrogens is 417 g/mol. The molecule has 0 unspecified atom stereocenters. The zero-order chi connectivity index (χ0) is 22.3. The standard InChI is InChI=1S/C24H19F3N4O/c25-24(26,27)19-4-3-5-20(18(19)13-17-14-29-22-6-1-2-11-31(17)22)30-23(32)16-8-7-15-9-10-28-21(15)12-16/h1-8,11-12,14,28H,9-10,13H2,(H,30,32). The number of hydrogen-bond donors (Lipinski definition) is 2. The van der Waals surface area contributed by atoms with Crippen LogP contribution in [0.1, 0.15) is 32.7 Å². The van der Waals surface area contributed by atoms with Crippen molar-refractivity contribution < 1.29 is 18.0 Å². The number of nitrogens with zero attached hydrogens (tertiary/aromatic N) is 2. The van der Waals surface area contributed by atoms with Gasteiger partial charge in [-0.1, -0.05) is 18.2 Å². The molecule has 1 aliphatic rings. The van der Waals surface area contributed by atoms with Crippen LogP contribution in [0, 0.1) is 0 Å². The first-order chi connectivity index (χ1) is 15.4. The summed E-state index contributed by atoms with van der Waals surface area (Å²) in [6, 6.07) is 14.5.